The molecule has 0 saturated heterocycles. The van der Waals surface area contributed by atoms with E-state index in [2.05, 4.69) is 9.72 Å². The molecule has 0 aliphatic rings. The maximum absolute atomic E-state index is 12.1. The van der Waals surface area contributed by atoms with Crippen molar-refractivity contribution in [3.8, 4) is 5.75 Å². The second kappa shape index (κ2) is 5.02. The predicted molar refractivity (Wildman–Crippen MR) is 69.6 cm³/mol. The highest BCUT2D eigenvalue weighted by Gasteiger charge is 2.34. The highest BCUT2D eigenvalue weighted by Crippen LogP contribution is 2.34. The van der Waals surface area contributed by atoms with E-state index < -0.39 is 21.7 Å². The number of aromatic amines is 1. The molecular formula is C11H5Cl3F3NO2. The summed E-state index contributed by atoms with van der Waals surface area (Å²) in [6, 6.07) is 3.44. The summed E-state index contributed by atoms with van der Waals surface area (Å²) < 4.78 is 37.9. The molecule has 0 radical (unpaired) electrons. The fourth-order valence-electron chi connectivity index (χ4n) is 1.64. The molecule has 0 amide bonds. The van der Waals surface area contributed by atoms with Crippen LogP contribution in [0.2, 0.25) is 0 Å². The largest absolute Gasteiger partial charge is 0.573 e. The van der Waals surface area contributed by atoms with Gasteiger partial charge in [0.2, 0.25) is 5.78 Å². The van der Waals surface area contributed by atoms with Gasteiger partial charge in [0.25, 0.3) is 3.79 Å². The molecule has 2 aromatic rings. The van der Waals surface area contributed by atoms with Gasteiger partial charge in [0, 0.05) is 28.7 Å². The van der Waals surface area contributed by atoms with E-state index >= 15 is 0 Å². The number of hydrogen-bond donors (Lipinski definition) is 1. The molecule has 3 nitrogen and oxygen atoms in total. The van der Waals surface area contributed by atoms with Crippen LogP contribution in [-0.4, -0.2) is 20.9 Å². The van der Waals surface area contributed by atoms with E-state index in [9.17, 15) is 18.0 Å². The Morgan fingerprint density at radius 1 is 1.20 bits per heavy atom. The summed E-state index contributed by atoms with van der Waals surface area (Å²) >= 11 is 16.5. The van der Waals surface area contributed by atoms with E-state index in [1.54, 1.807) is 0 Å². The number of fused-ring (bicyclic) bond motifs is 1. The van der Waals surface area contributed by atoms with Crippen molar-refractivity contribution < 1.29 is 22.7 Å². The van der Waals surface area contributed by atoms with Gasteiger partial charge in [0.15, 0.2) is 0 Å². The van der Waals surface area contributed by atoms with Crippen molar-refractivity contribution in [1.82, 2.24) is 4.98 Å². The summed E-state index contributed by atoms with van der Waals surface area (Å²) in [6.45, 7) is 0. The summed E-state index contributed by atoms with van der Waals surface area (Å²) in [5.74, 6) is -1.20. The number of H-pyrrole nitrogens is 1. The lowest BCUT2D eigenvalue weighted by atomic mass is 10.1. The molecule has 108 valence electrons. The van der Waals surface area contributed by atoms with Crippen LogP contribution in [0, 0.1) is 0 Å². The number of Topliss-reactive ketones (excluding diaryl/α,β-unsaturated/α-hetero) is 1. The Kier molecular flexibility index (Phi) is 3.83. The minimum atomic E-state index is -4.80. The summed E-state index contributed by atoms with van der Waals surface area (Å²) in [6.07, 6.45) is -3.54. The van der Waals surface area contributed by atoms with E-state index in [-0.39, 0.29) is 11.1 Å². The van der Waals surface area contributed by atoms with Crippen molar-refractivity contribution in [2.75, 3.05) is 0 Å². The second-order valence-corrected chi connectivity index (χ2v) is 6.07. The van der Waals surface area contributed by atoms with Crippen LogP contribution in [0.15, 0.2) is 24.4 Å². The zero-order valence-corrected chi connectivity index (χ0v) is 11.7. The van der Waals surface area contributed by atoms with Gasteiger partial charge in [-0.3, -0.25) is 4.79 Å². The van der Waals surface area contributed by atoms with Crippen LogP contribution in [-0.2, 0) is 0 Å². The minimum Gasteiger partial charge on any atom is -0.406 e. The molecule has 0 atom stereocenters. The summed E-state index contributed by atoms with van der Waals surface area (Å²) in [4.78, 5) is 14.5. The number of carbonyl (C=O) groups is 1. The molecule has 0 bridgehead atoms. The molecule has 1 N–H and O–H groups in total. The highest BCUT2D eigenvalue weighted by molar-refractivity contribution is 6.77. The number of ketones is 1. The molecule has 0 unspecified atom stereocenters. The Labute approximate surface area is 125 Å². The zero-order chi connectivity index (χ0) is 15.1. The average molecular weight is 347 g/mol. The van der Waals surface area contributed by atoms with E-state index in [0.29, 0.717) is 5.39 Å². The van der Waals surface area contributed by atoms with Gasteiger partial charge in [-0.25, -0.2) is 0 Å². The first kappa shape index (κ1) is 15.3. The number of carbonyl (C=O) groups excluding carboxylic acids is 1. The molecule has 20 heavy (non-hydrogen) atoms. The summed E-state index contributed by atoms with van der Waals surface area (Å²) in [5, 5.41) is 0.329. The van der Waals surface area contributed by atoms with Crippen LogP contribution in [0.25, 0.3) is 10.9 Å². The minimum absolute atomic E-state index is 0.0681. The Morgan fingerprint density at radius 2 is 1.85 bits per heavy atom. The molecule has 2 rings (SSSR count). The second-order valence-electron chi connectivity index (χ2n) is 3.78. The molecular weight excluding hydrogens is 341 g/mol. The third-order valence-corrected chi connectivity index (χ3v) is 2.90. The molecule has 0 spiro atoms. The number of halogens is 6. The fourth-order valence-corrected chi connectivity index (χ4v) is 1.95. The highest BCUT2D eigenvalue weighted by atomic mass is 35.6. The van der Waals surface area contributed by atoms with Crippen molar-refractivity contribution in [2.24, 2.45) is 0 Å². The maximum atomic E-state index is 12.1. The van der Waals surface area contributed by atoms with E-state index in [0.717, 1.165) is 12.1 Å². The predicted octanol–water partition coefficient (Wildman–Crippen LogP) is 4.62. The summed E-state index contributed by atoms with van der Waals surface area (Å²) in [5.41, 5.74) is 0.322. The fraction of sp³-hybridized carbons (Fsp3) is 0.182. The lowest BCUT2D eigenvalue weighted by Crippen LogP contribution is -2.18. The molecule has 1 heterocycles. The van der Waals surface area contributed by atoms with E-state index in [4.69, 9.17) is 34.8 Å². The third-order valence-electron chi connectivity index (χ3n) is 2.39. The lowest BCUT2D eigenvalue weighted by molar-refractivity contribution is -0.274. The van der Waals surface area contributed by atoms with Crippen molar-refractivity contribution in [2.45, 2.75) is 10.2 Å². The number of benzene rings is 1. The average Bonchev–Trinajstić information content (AvgIpc) is 2.67. The Bertz CT molecular complexity index is 661. The third kappa shape index (κ3) is 3.31. The maximum Gasteiger partial charge on any atom is 0.573 e. The van der Waals surface area contributed by atoms with Crippen molar-refractivity contribution in [1.29, 1.82) is 0 Å². The topological polar surface area (TPSA) is 42.1 Å². The molecule has 1 aromatic heterocycles. The van der Waals surface area contributed by atoms with Gasteiger partial charge >= 0.3 is 6.36 Å². The van der Waals surface area contributed by atoms with E-state index in [1.807, 2.05) is 0 Å². The molecule has 0 aliphatic heterocycles. The number of ether oxygens (including phenoxy) is 1. The molecule has 0 aliphatic carbocycles. The molecule has 0 saturated carbocycles. The van der Waals surface area contributed by atoms with Crippen molar-refractivity contribution in [3.63, 3.8) is 0 Å². The molecule has 1 aromatic carbocycles. The van der Waals surface area contributed by atoms with Gasteiger partial charge < -0.3 is 9.72 Å². The lowest BCUT2D eigenvalue weighted by Gasteiger charge is -2.09. The van der Waals surface area contributed by atoms with Crippen LogP contribution in [0.4, 0.5) is 13.2 Å². The number of rotatable bonds is 2. The first-order valence-corrected chi connectivity index (χ1v) is 6.20. The van der Waals surface area contributed by atoms with Crippen LogP contribution in [0.3, 0.4) is 0 Å². The SMILES string of the molecule is O=C(c1c[nH]c2cc(OC(F)(F)F)ccc12)C(Cl)(Cl)Cl. The standard InChI is InChI=1S/C11H5Cl3F3NO2/c12-10(13,14)9(19)7-4-18-8-3-5(1-2-6(7)8)20-11(15,16)17/h1-4,18H. The van der Waals surface area contributed by atoms with Gasteiger partial charge in [-0.05, 0) is 12.1 Å². The summed E-state index contributed by atoms with van der Waals surface area (Å²) in [7, 11) is 0. The van der Waals surface area contributed by atoms with Crippen LogP contribution >= 0.6 is 34.8 Å². The molecule has 0 fully saturated rings. The van der Waals surface area contributed by atoms with E-state index in [1.165, 1.54) is 12.3 Å². The van der Waals surface area contributed by atoms with Gasteiger partial charge in [-0.2, -0.15) is 0 Å². The van der Waals surface area contributed by atoms with Gasteiger partial charge in [-0.1, -0.05) is 34.8 Å². The van der Waals surface area contributed by atoms with Crippen LogP contribution in [0.1, 0.15) is 10.4 Å². The number of hydrogen-bond acceptors (Lipinski definition) is 2. The van der Waals surface area contributed by atoms with Crippen molar-refractivity contribution >= 4 is 51.5 Å². The van der Waals surface area contributed by atoms with Gasteiger partial charge in [0.05, 0.1) is 0 Å². The van der Waals surface area contributed by atoms with Gasteiger partial charge in [-0.15, -0.1) is 13.2 Å². The monoisotopic (exact) mass is 345 g/mol. The van der Waals surface area contributed by atoms with Crippen LogP contribution < -0.4 is 4.74 Å². The Balaban J connectivity index is 2.42. The zero-order valence-electron chi connectivity index (χ0n) is 9.39. The Hall–Kier alpha value is -1.11. The Morgan fingerprint density at radius 3 is 2.40 bits per heavy atom. The smallest absolute Gasteiger partial charge is 0.406 e. The van der Waals surface area contributed by atoms with Crippen LogP contribution in [0.5, 0.6) is 5.75 Å². The normalized spacial score (nSPS) is 12.7. The number of aromatic nitrogens is 1. The van der Waals surface area contributed by atoms with Gasteiger partial charge in [0.1, 0.15) is 5.75 Å². The first-order chi connectivity index (χ1) is 9.08. The quantitative estimate of drug-likeness (QED) is 0.637. The van der Waals surface area contributed by atoms with Crippen molar-refractivity contribution in [3.05, 3.63) is 30.0 Å². The molecule has 9 heteroatoms. The first-order valence-electron chi connectivity index (χ1n) is 5.06. The number of alkyl halides is 6. The number of nitrogens with one attached hydrogen (secondary N) is 1.